The van der Waals surface area contributed by atoms with Gasteiger partial charge in [-0.1, -0.05) is 0 Å². The number of anilines is 1. The second kappa shape index (κ2) is 3.14. The molecule has 0 amide bonds. The molecule has 0 aliphatic carbocycles. The Balaban J connectivity index is 2.46. The van der Waals surface area contributed by atoms with Crippen LogP contribution in [0.2, 0.25) is 0 Å². The van der Waals surface area contributed by atoms with Crippen molar-refractivity contribution in [2.75, 3.05) is 5.73 Å². The maximum absolute atomic E-state index is 5.36. The van der Waals surface area contributed by atoms with Crippen LogP contribution in [-0.4, -0.2) is 15.2 Å². The van der Waals surface area contributed by atoms with Gasteiger partial charge in [-0.05, 0) is 28.1 Å². The first-order chi connectivity index (χ1) is 6.25. The van der Waals surface area contributed by atoms with Crippen LogP contribution in [0.5, 0.6) is 0 Å². The van der Waals surface area contributed by atoms with E-state index in [0.29, 0.717) is 16.1 Å². The van der Waals surface area contributed by atoms with Crippen molar-refractivity contribution in [2.45, 2.75) is 0 Å². The Morgan fingerprint density at radius 3 is 2.85 bits per heavy atom. The number of rotatable bonds is 1. The molecule has 2 rings (SSSR count). The first-order valence-electron chi connectivity index (χ1n) is 3.46. The lowest BCUT2D eigenvalue weighted by Crippen LogP contribution is -1.97. The van der Waals surface area contributed by atoms with Crippen LogP contribution in [0.25, 0.3) is 11.5 Å². The SMILES string of the molecule is Nc1nncc(-c2ccc(Br)o2)n1. The molecule has 0 atom stereocenters. The quantitative estimate of drug-likeness (QED) is 0.817. The lowest BCUT2D eigenvalue weighted by atomic mass is 10.3. The number of nitrogens with zero attached hydrogens (tertiary/aromatic N) is 3. The van der Waals surface area contributed by atoms with Gasteiger partial charge in [-0.3, -0.25) is 0 Å². The highest BCUT2D eigenvalue weighted by Gasteiger charge is 2.05. The molecule has 2 aromatic rings. The van der Waals surface area contributed by atoms with Gasteiger partial charge in [0.1, 0.15) is 5.69 Å². The van der Waals surface area contributed by atoms with Crippen LogP contribution in [0.4, 0.5) is 5.95 Å². The van der Waals surface area contributed by atoms with E-state index in [-0.39, 0.29) is 5.95 Å². The highest BCUT2D eigenvalue weighted by Crippen LogP contribution is 2.22. The molecule has 66 valence electrons. The van der Waals surface area contributed by atoms with Crippen molar-refractivity contribution in [3.8, 4) is 11.5 Å². The Morgan fingerprint density at radius 2 is 2.23 bits per heavy atom. The lowest BCUT2D eigenvalue weighted by molar-refractivity contribution is 0.553. The van der Waals surface area contributed by atoms with Crippen LogP contribution < -0.4 is 5.73 Å². The van der Waals surface area contributed by atoms with E-state index < -0.39 is 0 Å². The van der Waals surface area contributed by atoms with Gasteiger partial charge in [-0.25, -0.2) is 4.98 Å². The normalized spacial score (nSPS) is 10.2. The predicted molar refractivity (Wildman–Crippen MR) is 49.6 cm³/mol. The minimum absolute atomic E-state index is 0.130. The summed E-state index contributed by atoms with van der Waals surface area (Å²) in [4.78, 5) is 3.95. The summed E-state index contributed by atoms with van der Waals surface area (Å²) in [5.41, 5.74) is 5.93. The molecular formula is C7H5BrN4O. The Bertz CT molecular complexity index is 428. The molecule has 13 heavy (non-hydrogen) atoms. The molecule has 0 spiro atoms. The Kier molecular flexibility index (Phi) is 1.97. The van der Waals surface area contributed by atoms with Crippen LogP contribution >= 0.6 is 15.9 Å². The molecule has 0 saturated heterocycles. The third-order valence-electron chi connectivity index (χ3n) is 1.40. The second-order valence-electron chi connectivity index (χ2n) is 2.30. The molecule has 0 fully saturated rings. The first-order valence-corrected chi connectivity index (χ1v) is 4.26. The minimum Gasteiger partial charge on any atom is -0.448 e. The van der Waals surface area contributed by atoms with Crippen molar-refractivity contribution < 1.29 is 4.42 Å². The van der Waals surface area contributed by atoms with Gasteiger partial charge in [0, 0.05) is 0 Å². The first kappa shape index (κ1) is 8.18. The Morgan fingerprint density at radius 1 is 1.38 bits per heavy atom. The molecule has 0 saturated carbocycles. The number of hydrogen-bond acceptors (Lipinski definition) is 5. The summed E-state index contributed by atoms with van der Waals surface area (Å²) in [6.07, 6.45) is 1.49. The van der Waals surface area contributed by atoms with E-state index in [4.69, 9.17) is 10.2 Å². The zero-order valence-corrected chi connectivity index (χ0v) is 8.02. The lowest BCUT2D eigenvalue weighted by Gasteiger charge is -1.94. The number of halogens is 1. The highest BCUT2D eigenvalue weighted by molar-refractivity contribution is 9.10. The summed E-state index contributed by atoms with van der Waals surface area (Å²) < 4.78 is 5.89. The maximum atomic E-state index is 5.36. The Labute approximate surface area is 82.1 Å². The van der Waals surface area contributed by atoms with Crippen LogP contribution in [0.1, 0.15) is 0 Å². The topological polar surface area (TPSA) is 77.8 Å². The van der Waals surface area contributed by atoms with Gasteiger partial charge in [0.2, 0.25) is 5.95 Å². The van der Waals surface area contributed by atoms with Gasteiger partial charge in [-0.2, -0.15) is 5.10 Å². The van der Waals surface area contributed by atoms with E-state index in [0.717, 1.165) is 0 Å². The minimum atomic E-state index is 0.130. The summed E-state index contributed by atoms with van der Waals surface area (Å²) in [6.45, 7) is 0. The summed E-state index contributed by atoms with van der Waals surface area (Å²) in [7, 11) is 0. The molecule has 0 aliphatic rings. The molecule has 0 unspecified atom stereocenters. The number of furan rings is 1. The average Bonchev–Trinajstić information content (AvgIpc) is 2.52. The largest absolute Gasteiger partial charge is 0.448 e. The second-order valence-corrected chi connectivity index (χ2v) is 3.09. The molecule has 2 N–H and O–H groups in total. The third-order valence-corrected chi connectivity index (χ3v) is 1.83. The standard InChI is InChI=1S/C7H5BrN4O/c8-6-2-1-5(13-6)4-3-10-12-7(9)11-4/h1-3H,(H2,9,11,12). The average molecular weight is 241 g/mol. The maximum Gasteiger partial charge on any atom is 0.240 e. The molecule has 5 nitrogen and oxygen atoms in total. The fraction of sp³-hybridized carbons (Fsp3) is 0. The van der Waals surface area contributed by atoms with E-state index in [2.05, 4.69) is 31.1 Å². The Hall–Kier alpha value is -1.43. The summed E-state index contributed by atoms with van der Waals surface area (Å²) in [5, 5.41) is 7.19. The van der Waals surface area contributed by atoms with E-state index in [1.54, 1.807) is 12.1 Å². The monoisotopic (exact) mass is 240 g/mol. The van der Waals surface area contributed by atoms with Gasteiger partial charge in [-0.15, -0.1) is 5.10 Å². The fourth-order valence-corrected chi connectivity index (χ4v) is 1.19. The summed E-state index contributed by atoms with van der Waals surface area (Å²) >= 11 is 3.19. The van der Waals surface area contributed by atoms with Crippen molar-refractivity contribution >= 4 is 21.9 Å². The van der Waals surface area contributed by atoms with Crippen LogP contribution in [0, 0.1) is 0 Å². The van der Waals surface area contributed by atoms with Gasteiger partial charge in [0.05, 0.1) is 6.20 Å². The molecule has 0 aromatic carbocycles. The van der Waals surface area contributed by atoms with Crippen molar-refractivity contribution in [3.63, 3.8) is 0 Å². The molecule has 2 aromatic heterocycles. The van der Waals surface area contributed by atoms with Crippen LogP contribution in [0.3, 0.4) is 0 Å². The van der Waals surface area contributed by atoms with E-state index in [9.17, 15) is 0 Å². The van der Waals surface area contributed by atoms with E-state index in [1.165, 1.54) is 6.20 Å². The zero-order chi connectivity index (χ0) is 9.26. The molecular weight excluding hydrogens is 236 g/mol. The zero-order valence-electron chi connectivity index (χ0n) is 6.44. The number of hydrogen-bond donors (Lipinski definition) is 1. The number of aromatic nitrogens is 3. The number of nitrogens with two attached hydrogens (primary N) is 1. The van der Waals surface area contributed by atoms with E-state index >= 15 is 0 Å². The van der Waals surface area contributed by atoms with E-state index in [1.807, 2.05) is 0 Å². The number of nitrogen functional groups attached to an aromatic ring is 1. The summed E-state index contributed by atoms with van der Waals surface area (Å²) in [5.74, 6) is 0.735. The highest BCUT2D eigenvalue weighted by atomic mass is 79.9. The molecule has 6 heteroatoms. The van der Waals surface area contributed by atoms with Crippen molar-refractivity contribution in [3.05, 3.63) is 23.0 Å². The van der Waals surface area contributed by atoms with Gasteiger partial charge in [0.25, 0.3) is 0 Å². The van der Waals surface area contributed by atoms with Crippen LogP contribution in [-0.2, 0) is 0 Å². The van der Waals surface area contributed by atoms with Crippen molar-refractivity contribution in [1.82, 2.24) is 15.2 Å². The molecule has 2 heterocycles. The molecule has 0 bridgehead atoms. The summed E-state index contributed by atoms with van der Waals surface area (Å²) in [6, 6.07) is 3.54. The van der Waals surface area contributed by atoms with Gasteiger partial charge < -0.3 is 10.2 Å². The fourth-order valence-electron chi connectivity index (χ4n) is 0.888. The van der Waals surface area contributed by atoms with Gasteiger partial charge in [0.15, 0.2) is 10.4 Å². The molecule has 0 radical (unpaired) electrons. The van der Waals surface area contributed by atoms with Crippen molar-refractivity contribution in [1.29, 1.82) is 0 Å². The van der Waals surface area contributed by atoms with Gasteiger partial charge >= 0.3 is 0 Å². The predicted octanol–water partition coefficient (Wildman–Crippen LogP) is 1.48. The third kappa shape index (κ3) is 1.67. The smallest absolute Gasteiger partial charge is 0.240 e. The molecule has 0 aliphatic heterocycles. The van der Waals surface area contributed by atoms with Crippen molar-refractivity contribution in [2.24, 2.45) is 0 Å². The van der Waals surface area contributed by atoms with Crippen LogP contribution in [0.15, 0.2) is 27.4 Å².